The van der Waals surface area contributed by atoms with E-state index in [0.717, 1.165) is 25.8 Å². The van der Waals surface area contributed by atoms with Gasteiger partial charge >= 0.3 is 0 Å². The Morgan fingerprint density at radius 2 is 1.57 bits per heavy atom. The lowest BCUT2D eigenvalue weighted by Gasteiger charge is -2.11. The van der Waals surface area contributed by atoms with Gasteiger partial charge in [-0.15, -0.1) is 0 Å². The molecule has 0 fully saturated rings. The maximum Gasteiger partial charge on any atom is 0.104 e. The van der Waals surface area contributed by atoms with Gasteiger partial charge < -0.3 is 5.11 Å². The normalized spacial score (nSPS) is 13.1. The van der Waals surface area contributed by atoms with E-state index in [4.69, 9.17) is 0 Å². The standard InChI is InChI=1S/C12H27NO/c1-3-5-7-8-9-10-12(14)13-11-6-4-2/h12-14H,3-11H2,1-2H3. The molecule has 14 heavy (non-hydrogen) atoms. The number of hydrogen-bond acceptors (Lipinski definition) is 2. The van der Waals surface area contributed by atoms with Crippen molar-refractivity contribution in [1.82, 2.24) is 5.32 Å². The Kier molecular flexibility index (Phi) is 10.9. The van der Waals surface area contributed by atoms with Crippen LogP contribution in [0.3, 0.4) is 0 Å². The highest BCUT2D eigenvalue weighted by atomic mass is 16.3. The van der Waals surface area contributed by atoms with E-state index in [9.17, 15) is 5.11 Å². The first-order valence-corrected chi connectivity index (χ1v) is 6.22. The Morgan fingerprint density at radius 1 is 0.929 bits per heavy atom. The molecule has 0 saturated carbocycles. The quantitative estimate of drug-likeness (QED) is 0.420. The second-order valence-corrected chi connectivity index (χ2v) is 4.03. The third kappa shape index (κ3) is 10.0. The first-order valence-electron chi connectivity index (χ1n) is 6.22. The molecule has 2 N–H and O–H groups in total. The van der Waals surface area contributed by atoms with Gasteiger partial charge in [0.25, 0.3) is 0 Å². The fourth-order valence-corrected chi connectivity index (χ4v) is 1.49. The Morgan fingerprint density at radius 3 is 2.21 bits per heavy atom. The molecule has 0 aliphatic heterocycles. The molecule has 0 rings (SSSR count). The molecule has 0 heterocycles. The van der Waals surface area contributed by atoms with Crippen LogP contribution in [0.5, 0.6) is 0 Å². The Bertz CT molecular complexity index is 106. The van der Waals surface area contributed by atoms with E-state index in [1.165, 1.54) is 32.1 Å². The van der Waals surface area contributed by atoms with Crippen LogP contribution in [-0.2, 0) is 0 Å². The van der Waals surface area contributed by atoms with Gasteiger partial charge in [-0.1, -0.05) is 46.0 Å². The van der Waals surface area contributed by atoms with E-state index in [2.05, 4.69) is 19.2 Å². The monoisotopic (exact) mass is 201 g/mol. The predicted octanol–water partition coefficient (Wildman–Crippen LogP) is 3.06. The van der Waals surface area contributed by atoms with Gasteiger partial charge in [0.1, 0.15) is 6.23 Å². The van der Waals surface area contributed by atoms with Crippen molar-refractivity contribution in [2.24, 2.45) is 0 Å². The Balaban J connectivity index is 3.06. The van der Waals surface area contributed by atoms with Crippen molar-refractivity contribution in [2.75, 3.05) is 6.54 Å². The summed E-state index contributed by atoms with van der Waals surface area (Å²) in [6, 6.07) is 0. The summed E-state index contributed by atoms with van der Waals surface area (Å²) in [7, 11) is 0. The van der Waals surface area contributed by atoms with Gasteiger partial charge in [0, 0.05) is 0 Å². The zero-order valence-electron chi connectivity index (χ0n) is 9.89. The minimum atomic E-state index is -0.275. The number of aliphatic hydroxyl groups is 1. The molecular formula is C12H27NO. The Labute approximate surface area is 89.1 Å². The van der Waals surface area contributed by atoms with Gasteiger partial charge in [0.15, 0.2) is 0 Å². The van der Waals surface area contributed by atoms with Crippen LogP contribution in [0.15, 0.2) is 0 Å². The molecule has 0 aliphatic rings. The lowest BCUT2D eigenvalue weighted by atomic mass is 10.1. The summed E-state index contributed by atoms with van der Waals surface area (Å²) in [6.07, 6.45) is 9.34. The van der Waals surface area contributed by atoms with Crippen LogP contribution in [0.2, 0.25) is 0 Å². The van der Waals surface area contributed by atoms with Gasteiger partial charge in [-0.25, -0.2) is 0 Å². The second-order valence-electron chi connectivity index (χ2n) is 4.03. The second kappa shape index (κ2) is 11.0. The van der Waals surface area contributed by atoms with Crippen molar-refractivity contribution in [2.45, 2.75) is 71.4 Å². The molecular weight excluding hydrogens is 174 g/mol. The molecule has 0 spiro atoms. The average Bonchev–Trinajstić information content (AvgIpc) is 2.18. The first kappa shape index (κ1) is 13.9. The topological polar surface area (TPSA) is 32.3 Å². The number of nitrogens with one attached hydrogen (secondary N) is 1. The van der Waals surface area contributed by atoms with Gasteiger partial charge in [-0.2, -0.15) is 0 Å². The van der Waals surface area contributed by atoms with Gasteiger partial charge in [-0.05, 0) is 25.8 Å². The van der Waals surface area contributed by atoms with Crippen molar-refractivity contribution < 1.29 is 5.11 Å². The maximum absolute atomic E-state index is 9.52. The summed E-state index contributed by atoms with van der Waals surface area (Å²) in [5.74, 6) is 0. The van der Waals surface area contributed by atoms with Crippen molar-refractivity contribution in [3.05, 3.63) is 0 Å². The molecule has 2 heteroatoms. The van der Waals surface area contributed by atoms with Crippen LogP contribution < -0.4 is 5.32 Å². The van der Waals surface area contributed by atoms with Crippen LogP contribution in [-0.4, -0.2) is 17.9 Å². The van der Waals surface area contributed by atoms with Crippen molar-refractivity contribution in [3.8, 4) is 0 Å². The molecule has 0 amide bonds. The number of aliphatic hydroxyl groups excluding tert-OH is 1. The van der Waals surface area contributed by atoms with Crippen LogP contribution in [0, 0.1) is 0 Å². The number of unbranched alkanes of at least 4 members (excludes halogenated alkanes) is 5. The number of hydrogen-bond donors (Lipinski definition) is 2. The summed E-state index contributed by atoms with van der Waals surface area (Å²) in [5.41, 5.74) is 0. The van der Waals surface area contributed by atoms with Crippen molar-refractivity contribution >= 4 is 0 Å². The number of rotatable bonds is 10. The molecule has 86 valence electrons. The zero-order chi connectivity index (χ0) is 10.6. The maximum atomic E-state index is 9.52. The predicted molar refractivity (Wildman–Crippen MR) is 62.3 cm³/mol. The third-order valence-corrected chi connectivity index (χ3v) is 2.49. The summed E-state index contributed by atoms with van der Waals surface area (Å²) in [5, 5.41) is 12.7. The lowest BCUT2D eigenvalue weighted by Crippen LogP contribution is -2.29. The van der Waals surface area contributed by atoms with Crippen LogP contribution >= 0.6 is 0 Å². The highest BCUT2D eigenvalue weighted by molar-refractivity contribution is 4.54. The smallest absolute Gasteiger partial charge is 0.104 e. The summed E-state index contributed by atoms with van der Waals surface area (Å²) in [4.78, 5) is 0. The van der Waals surface area contributed by atoms with Gasteiger partial charge in [-0.3, -0.25) is 5.32 Å². The minimum Gasteiger partial charge on any atom is -0.379 e. The third-order valence-electron chi connectivity index (χ3n) is 2.49. The summed E-state index contributed by atoms with van der Waals surface area (Å²) >= 11 is 0. The largest absolute Gasteiger partial charge is 0.379 e. The Hall–Kier alpha value is -0.0800. The zero-order valence-corrected chi connectivity index (χ0v) is 9.89. The molecule has 0 radical (unpaired) electrons. The van der Waals surface area contributed by atoms with E-state index >= 15 is 0 Å². The molecule has 0 saturated heterocycles. The SMILES string of the molecule is CCCCCCCC(O)NCCCC. The van der Waals surface area contributed by atoms with E-state index in [1.807, 2.05) is 0 Å². The first-order chi connectivity index (χ1) is 6.81. The fourth-order valence-electron chi connectivity index (χ4n) is 1.49. The van der Waals surface area contributed by atoms with Crippen LogP contribution in [0.25, 0.3) is 0 Å². The summed E-state index contributed by atoms with van der Waals surface area (Å²) in [6.45, 7) is 5.34. The molecule has 2 nitrogen and oxygen atoms in total. The van der Waals surface area contributed by atoms with E-state index in [0.29, 0.717) is 0 Å². The molecule has 1 atom stereocenters. The van der Waals surface area contributed by atoms with E-state index in [-0.39, 0.29) is 6.23 Å². The van der Waals surface area contributed by atoms with Crippen LogP contribution in [0.4, 0.5) is 0 Å². The van der Waals surface area contributed by atoms with E-state index < -0.39 is 0 Å². The molecule has 0 aromatic carbocycles. The molecule has 0 aromatic heterocycles. The molecule has 0 aromatic rings. The van der Waals surface area contributed by atoms with Crippen molar-refractivity contribution in [3.63, 3.8) is 0 Å². The van der Waals surface area contributed by atoms with Gasteiger partial charge in [0.05, 0.1) is 0 Å². The summed E-state index contributed by atoms with van der Waals surface area (Å²) < 4.78 is 0. The average molecular weight is 201 g/mol. The molecule has 0 aliphatic carbocycles. The van der Waals surface area contributed by atoms with Gasteiger partial charge in [0.2, 0.25) is 0 Å². The minimum absolute atomic E-state index is 0.275. The lowest BCUT2D eigenvalue weighted by molar-refractivity contribution is 0.124. The van der Waals surface area contributed by atoms with Crippen LogP contribution in [0.1, 0.15) is 65.2 Å². The highest BCUT2D eigenvalue weighted by Gasteiger charge is 2.01. The van der Waals surface area contributed by atoms with E-state index in [1.54, 1.807) is 0 Å². The fraction of sp³-hybridized carbons (Fsp3) is 1.00. The molecule has 0 bridgehead atoms. The molecule has 1 unspecified atom stereocenters. The highest BCUT2D eigenvalue weighted by Crippen LogP contribution is 2.06. The van der Waals surface area contributed by atoms with Crippen molar-refractivity contribution in [1.29, 1.82) is 0 Å².